The highest BCUT2D eigenvalue weighted by Gasteiger charge is 2.55. The first kappa shape index (κ1) is 21.7. The lowest BCUT2D eigenvalue weighted by Gasteiger charge is -2.56. The van der Waals surface area contributed by atoms with Crippen LogP contribution in [0.5, 0.6) is 5.75 Å². The van der Waals surface area contributed by atoms with Crippen LogP contribution in [0.4, 0.5) is 4.39 Å². The third-order valence-electron chi connectivity index (χ3n) is 6.66. The van der Waals surface area contributed by atoms with Crippen molar-refractivity contribution in [2.45, 2.75) is 55.7 Å². The van der Waals surface area contributed by atoms with Gasteiger partial charge in [-0.25, -0.2) is 4.39 Å². The summed E-state index contributed by atoms with van der Waals surface area (Å²) in [6, 6.07) is 3.99. The van der Waals surface area contributed by atoms with Crippen LogP contribution < -0.4 is 15.4 Å². The van der Waals surface area contributed by atoms with Gasteiger partial charge >= 0.3 is 0 Å². The van der Waals surface area contributed by atoms with Crippen LogP contribution in [0.25, 0.3) is 0 Å². The van der Waals surface area contributed by atoms with Crippen molar-refractivity contribution < 1.29 is 23.8 Å². The molecule has 1 aromatic carbocycles. The molecule has 3 aliphatic carbocycles. The number of fused-ring (bicyclic) bond motifs is 3. The third kappa shape index (κ3) is 4.41. The second-order valence-electron chi connectivity index (χ2n) is 8.62. The number of ether oxygens (including phenoxy) is 1. The summed E-state index contributed by atoms with van der Waals surface area (Å²) in [5.41, 5.74) is -1.09. The zero-order valence-electron chi connectivity index (χ0n) is 16.6. The molecule has 2 bridgehead atoms. The molecule has 1 aromatic rings. The van der Waals surface area contributed by atoms with Crippen LogP contribution in [0.1, 0.15) is 38.5 Å². The number of hydrogen-bond donors (Lipinski definition) is 3. The van der Waals surface area contributed by atoms with Gasteiger partial charge in [-0.05, 0) is 56.4 Å². The Morgan fingerprint density at radius 3 is 2.67 bits per heavy atom. The number of carbonyl (C=O) groups is 2. The van der Waals surface area contributed by atoms with E-state index in [2.05, 4.69) is 10.6 Å². The number of thioether (sulfide) groups is 1. The molecular formula is C21H26ClFN2O4S. The quantitative estimate of drug-likeness (QED) is 0.612. The Morgan fingerprint density at radius 2 is 2.03 bits per heavy atom. The van der Waals surface area contributed by atoms with E-state index >= 15 is 0 Å². The zero-order valence-corrected chi connectivity index (χ0v) is 18.2. The number of halogens is 2. The molecule has 5 rings (SSSR count). The average Bonchev–Trinajstić information content (AvgIpc) is 3.25. The normalized spacial score (nSPS) is 32.6. The van der Waals surface area contributed by atoms with Crippen molar-refractivity contribution >= 4 is 35.2 Å². The van der Waals surface area contributed by atoms with Gasteiger partial charge in [0.2, 0.25) is 5.91 Å². The number of nitrogens with one attached hydrogen (secondary N) is 2. The van der Waals surface area contributed by atoms with Crippen LogP contribution in [-0.4, -0.2) is 52.2 Å². The van der Waals surface area contributed by atoms with E-state index in [0.29, 0.717) is 19.3 Å². The fraction of sp³-hybridized carbons (Fsp3) is 0.619. The molecule has 0 spiro atoms. The second kappa shape index (κ2) is 8.55. The molecule has 2 unspecified atom stereocenters. The van der Waals surface area contributed by atoms with E-state index in [4.69, 9.17) is 16.3 Å². The molecule has 30 heavy (non-hydrogen) atoms. The molecule has 0 radical (unpaired) electrons. The highest BCUT2D eigenvalue weighted by Crippen LogP contribution is 2.47. The monoisotopic (exact) mass is 456 g/mol. The van der Waals surface area contributed by atoms with Gasteiger partial charge in [0.25, 0.3) is 5.91 Å². The molecule has 3 N–H and O–H groups in total. The third-order valence-corrected chi connectivity index (χ3v) is 8.13. The highest BCUT2D eigenvalue weighted by molar-refractivity contribution is 7.99. The minimum atomic E-state index is -0.741. The largest absolute Gasteiger partial charge is 0.484 e. The lowest BCUT2D eigenvalue weighted by molar-refractivity contribution is -0.137. The first-order valence-corrected chi connectivity index (χ1v) is 11.8. The maximum Gasteiger partial charge on any atom is 0.258 e. The van der Waals surface area contributed by atoms with Crippen LogP contribution >= 0.6 is 23.4 Å². The summed E-state index contributed by atoms with van der Waals surface area (Å²) in [4.78, 5) is 25.1. The summed E-state index contributed by atoms with van der Waals surface area (Å²) in [7, 11) is 0. The molecule has 4 aliphatic rings. The molecule has 164 valence electrons. The SMILES string of the molecule is O=C(COc1ccc(Cl)c(F)c1)NC12CCC(NC(=O)C3CCSC3)(CC1)CC2O. The van der Waals surface area contributed by atoms with Crippen molar-refractivity contribution in [1.29, 1.82) is 0 Å². The minimum Gasteiger partial charge on any atom is -0.484 e. The van der Waals surface area contributed by atoms with Crippen LogP contribution in [-0.2, 0) is 9.59 Å². The lowest BCUT2D eigenvalue weighted by Crippen LogP contribution is -2.70. The molecule has 4 fully saturated rings. The summed E-state index contributed by atoms with van der Waals surface area (Å²) in [5, 5.41) is 17.0. The van der Waals surface area contributed by atoms with E-state index in [-0.39, 0.29) is 40.7 Å². The number of carbonyl (C=O) groups excluding carboxylic acids is 2. The van der Waals surface area contributed by atoms with Crippen molar-refractivity contribution in [2.24, 2.45) is 5.92 Å². The average molecular weight is 457 g/mol. The number of hydrogen-bond acceptors (Lipinski definition) is 5. The first-order valence-electron chi connectivity index (χ1n) is 10.3. The van der Waals surface area contributed by atoms with E-state index in [1.807, 2.05) is 0 Å². The molecule has 6 nitrogen and oxygen atoms in total. The van der Waals surface area contributed by atoms with Gasteiger partial charge in [0.1, 0.15) is 11.6 Å². The molecule has 2 amide bonds. The Labute approximate surface area is 184 Å². The van der Waals surface area contributed by atoms with Crippen LogP contribution in [0.3, 0.4) is 0 Å². The van der Waals surface area contributed by atoms with Gasteiger partial charge in [0.05, 0.1) is 16.7 Å². The number of aliphatic hydroxyl groups is 1. The van der Waals surface area contributed by atoms with Crippen LogP contribution in [0, 0.1) is 11.7 Å². The maximum absolute atomic E-state index is 13.5. The fourth-order valence-corrected chi connectivity index (χ4v) is 6.13. The maximum atomic E-state index is 13.5. The minimum absolute atomic E-state index is 0.0134. The van der Waals surface area contributed by atoms with Crippen molar-refractivity contribution in [2.75, 3.05) is 18.1 Å². The molecule has 0 aromatic heterocycles. The summed E-state index contributed by atoms with van der Waals surface area (Å²) in [5.74, 6) is 1.27. The van der Waals surface area contributed by atoms with Crippen LogP contribution in [0.2, 0.25) is 5.02 Å². The van der Waals surface area contributed by atoms with E-state index in [0.717, 1.165) is 36.8 Å². The zero-order chi connectivity index (χ0) is 21.4. The fourth-order valence-electron chi connectivity index (χ4n) is 4.80. The summed E-state index contributed by atoms with van der Waals surface area (Å²) in [6.07, 6.45) is 3.23. The molecule has 1 aliphatic heterocycles. The van der Waals surface area contributed by atoms with Crippen molar-refractivity contribution in [3.8, 4) is 5.75 Å². The van der Waals surface area contributed by atoms with E-state index < -0.39 is 17.5 Å². The Bertz CT molecular complexity index is 825. The van der Waals surface area contributed by atoms with Gasteiger partial charge in [-0.1, -0.05) is 11.6 Å². The molecule has 1 saturated heterocycles. The van der Waals surface area contributed by atoms with Crippen molar-refractivity contribution in [1.82, 2.24) is 10.6 Å². The van der Waals surface area contributed by atoms with Gasteiger partial charge in [-0.3, -0.25) is 9.59 Å². The van der Waals surface area contributed by atoms with E-state index in [1.165, 1.54) is 12.1 Å². The van der Waals surface area contributed by atoms with Crippen molar-refractivity contribution in [3.05, 3.63) is 29.0 Å². The summed E-state index contributed by atoms with van der Waals surface area (Å²) in [6.45, 7) is -0.281. The predicted octanol–water partition coefficient (Wildman–Crippen LogP) is 2.66. The lowest BCUT2D eigenvalue weighted by atomic mass is 9.59. The van der Waals surface area contributed by atoms with Gasteiger partial charge < -0.3 is 20.5 Å². The molecule has 3 saturated carbocycles. The first-order chi connectivity index (χ1) is 14.3. The Morgan fingerprint density at radius 1 is 1.27 bits per heavy atom. The number of amides is 2. The number of aliphatic hydroxyl groups excluding tert-OH is 1. The molecule has 2 atom stereocenters. The van der Waals surface area contributed by atoms with Gasteiger partial charge in [-0.2, -0.15) is 11.8 Å². The van der Waals surface area contributed by atoms with E-state index in [1.54, 1.807) is 11.8 Å². The Hall–Kier alpha value is -1.51. The van der Waals surface area contributed by atoms with Gasteiger partial charge in [0.15, 0.2) is 6.61 Å². The topological polar surface area (TPSA) is 87.7 Å². The molecule has 1 heterocycles. The van der Waals surface area contributed by atoms with Crippen molar-refractivity contribution in [3.63, 3.8) is 0 Å². The Balaban J connectivity index is 1.32. The Kier molecular flexibility index (Phi) is 6.19. The number of rotatable bonds is 6. The summed E-state index contributed by atoms with van der Waals surface area (Å²) < 4.78 is 18.9. The van der Waals surface area contributed by atoms with Gasteiger partial charge in [0, 0.05) is 23.3 Å². The summed E-state index contributed by atoms with van der Waals surface area (Å²) >= 11 is 7.45. The molecule has 9 heteroatoms. The smallest absolute Gasteiger partial charge is 0.258 e. The second-order valence-corrected chi connectivity index (χ2v) is 10.2. The van der Waals surface area contributed by atoms with E-state index in [9.17, 15) is 19.1 Å². The highest BCUT2D eigenvalue weighted by atomic mass is 35.5. The molecular weight excluding hydrogens is 431 g/mol. The standard InChI is InChI=1S/C21H26ClFN2O4S/c22-15-2-1-14(9-16(15)23)29-11-18(27)24-21-6-4-20(5-7-21,10-17(21)26)25-19(28)13-3-8-30-12-13/h1-2,9,13,17,26H,3-8,10-12H2,(H,24,27)(H,25,28). The predicted molar refractivity (Wildman–Crippen MR) is 113 cm³/mol. The van der Waals surface area contributed by atoms with Crippen LogP contribution in [0.15, 0.2) is 18.2 Å². The van der Waals surface area contributed by atoms with Gasteiger partial charge in [-0.15, -0.1) is 0 Å². The number of benzene rings is 1.